The Kier molecular flexibility index (Phi) is 8.01. The molecular weight excluding hydrogens is 711 g/mol. The highest BCUT2D eigenvalue weighted by atomic mass is 32.1. The molecule has 0 aliphatic heterocycles. The summed E-state index contributed by atoms with van der Waals surface area (Å²) in [6.07, 6.45) is 0. The lowest BCUT2D eigenvalue weighted by Gasteiger charge is -2.12. The van der Waals surface area contributed by atoms with Crippen molar-refractivity contribution in [1.82, 2.24) is 15.0 Å². The Bertz CT molecular complexity index is 3190. The van der Waals surface area contributed by atoms with Crippen LogP contribution in [0.4, 0.5) is 0 Å². The van der Waals surface area contributed by atoms with Crippen LogP contribution in [0.25, 0.3) is 109 Å². The largest absolute Gasteiger partial charge is 0.247 e. The van der Waals surface area contributed by atoms with Gasteiger partial charge in [-0.1, -0.05) is 170 Å². The minimum absolute atomic E-state index is 0.718. The van der Waals surface area contributed by atoms with Gasteiger partial charge in [0.15, 0.2) is 5.82 Å². The molecule has 0 saturated heterocycles. The number of aromatic nitrogens is 3. The number of nitrogens with zero attached hydrogens (tertiary/aromatic N) is 3. The van der Waals surface area contributed by atoms with E-state index in [1.54, 1.807) is 0 Å². The molecule has 0 amide bonds. The standard InChI is InChI=1S/C53H33N3S/c1-4-12-37(13-5-1)46-33-47(56-53(55-46)40-16-8-3-9-17-40)38-26-24-35(25-27-38)34-20-22-36(23-21-34)41-28-30-48-44(32-41)51-49(57-48)31-29-43-50(51)42-18-10-11-19-45(42)54-52(43)39-14-6-2-7-15-39/h1-33H. The predicted octanol–water partition coefficient (Wildman–Crippen LogP) is 14.5. The van der Waals surface area contributed by atoms with Gasteiger partial charge in [0.1, 0.15) is 0 Å². The summed E-state index contributed by atoms with van der Waals surface area (Å²) in [5.74, 6) is 0.718. The maximum atomic E-state index is 5.19. The average molecular weight is 744 g/mol. The number of thiophene rings is 1. The summed E-state index contributed by atoms with van der Waals surface area (Å²) in [4.78, 5) is 15.2. The molecule has 0 fully saturated rings. The van der Waals surface area contributed by atoms with E-state index in [1.165, 1.54) is 53.0 Å². The third-order valence-electron chi connectivity index (χ3n) is 10.9. The Balaban J connectivity index is 0.953. The van der Waals surface area contributed by atoms with Gasteiger partial charge in [0.05, 0.1) is 22.6 Å². The molecule has 4 heteroatoms. The van der Waals surface area contributed by atoms with Crippen LogP contribution >= 0.6 is 11.3 Å². The van der Waals surface area contributed by atoms with E-state index in [4.69, 9.17) is 15.0 Å². The Morgan fingerprint density at radius 2 is 0.807 bits per heavy atom. The summed E-state index contributed by atoms with van der Waals surface area (Å²) in [5, 5.41) is 6.22. The average Bonchev–Trinajstić information content (AvgIpc) is 3.68. The Labute approximate surface area is 334 Å². The van der Waals surface area contributed by atoms with Crippen molar-refractivity contribution < 1.29 is 0 Å². The summed E-state index contributed by atoms with van der Waals surface area (Å²) in [7, 11) is 0. The van der Waals surface area contributed by atoms with Crippen LogP contribution < -0.4 is 0 Å². The van der Waals surface area contributed by atoms with Crippen LogP contribution in [0.3, 0.4) is 0 Å². The number of benzene rings is 8. The van der Waals surface area contributed by atoms with Gasteiger partial charge < -0.3 is 0 Å². The van der Waals surface area contributed by atoms with Gasteiger partial charge in [-0.25, -0.2) is 15.0 Å². The van der Waals surface area contributed by atoms with Gasteiger partial charge in [0, 0.05) is 58.6 Å². The summed E-state index contributed by atoms with van der Waals surface area (Å²) in [6.45, 7) is 0. The smallest absolute Gasteiger partial charge is 0.160 e. The number of para-hydroxylation sites is 1. The second-order valence-corrected chi connectivity index (χ2v) is 15.5. The number of pyridine rings is 1. The fourth-order valence-electron chi connectivity index (χ4n) is 8.06. The van der Waals surface area contributed by atoms with Crippen LogP contribution in [0.5, 0.6) is 0 Å². The normalized spacial score (nSPS) is 11.5. The lowest BCUT2D eigenvalue weighted by atomic mass is 9.95. The van der Waals surface area contributed by atoms with E-state index in [0.717, 1.165) is 56.2 Å². The highest BCUT2D eigenvalue weighted by molar-refractivity contribution is 7.26. The molecule has 11 rings (SSSR count). The van der Waals surface area contributed by atoms with Crippen molar-refractivity contribution in [2.45, 2.75) is 0 Å². The number of fused-ring (bicyclic) bond motifs is 7. The molecule has 0 unspecified atom stereocenters. The first-order valence-corrected chi connectivity index (χ1v) is 20.0. The molecule has 0 radical (unpaired) electrons. The zero-order chi connectivity index (χ0) is 37.7. The second kappa shape index (κ2) is 13.8. The van der Waals surface area contributed by atoms with Gasteiger partial charge in [-0.05, 0) is 52.6 Å². The molecule has 11 aromatic rings. The van der Waals surface area contributed by atoms with E-state index < -0.39 is 0 Å². The second-order valence-electron chi connectivity index (χ2n) is 14.4. The Morgan fingerprint density at radius 1 is 0.298 bits per heavy atom. The Morgan fingerprint density at radius 3 is 1.47 bits per heavy atom. The highest BCUT2D eigenvalue weighted by Crippen LogP contribution is 2.44. The van der Waals surface area contributed by atoms with E-state index in [-0.39, 0.29) is 0 Å². The minimum atomic E-state index is 0.718. The molecule has 0 aliphatic rings. The number of rotatable bonds is 6. The van der Waals surface area contributed by atoms with E-state index >= 15 is 0 Å². The van der Waals surface area contributed by atoms with Crippen LogP contribution in [-0.4, -0.2) is 15.0 Å². The number of hydrogen-bond acceptors (Lipinski definition) is 4. The van der Waals surface area contributed by atoms with Crippen LogP contribution in [0.1, 0.15) is 0 Å². The molecule has 0 atom stereocenters. The SMILES string of the molecule is c1ccc(-c2cc(-c3ccc(-c4ccc(-c5ccc6sc7ccc8c(-c9ccccc9)nc9ccccc9c8c7c6c5)cc4)cc3)nc(-c3ccccc3)n2)cc1. The first kappa shape index (κ1) is 33.1. The highest BCUT2D eigenvalue weighted by Gasteiger charge is 2.17. The van der Waals surface area contributed by atoms with Gasteiger partial charge in [0.2, 0.25) is 0 Å². The maximum absolute atomic E-state index is 5.19. The Hall–Kier alpha value is -7.27. The molecule has 0 saturated carbocycles. The van der Waals surface area contributed by atoms with E-state index in [1.807, 2.05) is 47.7 Å². The van der Waals surface area contributed by atoms with E-state index in [2.05, 4.69) is 164 Å². The monoisotopic (exact) mass is 743 g/mol. The van der Waals surface area contributed by atoms with Gasteiger partial charge in [0.25, 0.3) is 0 Å². The molecule has 8 aromatic carbocycles. The molecule has 266 valence electrons. The van der Waals surface area contributed by atoms with Gasteiger partial charge in [-0.2, -0.15) is 0 Å². The van der Waals surface area contributed by atoms with Gasteiger partial charge in [-0.15, -0.1) is 11.3 Å². The first-order chi connectivity index (χ1) is 28.2. The molecule has 57 heavy (non-hydrogen) atoms. The zero-order valence-electron chi connectivity index (χ0n) is 30.8. The van der Waals surface area contributed by atoms with Crippen molar-refractivity contribution in [1.29, 1.82) is 0 Å². The lowest BCUT2D eigenvalue weighted by Crippen LogP contribution is -1.95. The molecule has 3 aromatic heterocycles. The van der Waals surface area contributed by atoms with Crippen LogP contribution in [0, 0.1) is 0 Å². The van der Waals surface area contributed by atoms with Crippen LogP contribution in [0.15, 0.2) is 200 Å². The van der Waals surface area contributed by atoms with Gasteiger partial charge in [-0.3, -0.25) is 0 Å². The van der Waals surface area contributed by atoms with Crippen molar-refractivity contribution in [3.05, 3.63) is 200 Å². The summed E-state index contributed by atoms with van der Waals surface area (Å²) < 4.78 is 2.58. The molecule has 3 nitrogen and oxygen atoms in total. The molecule has 3 heterocycles. The van der Waals surface area contributed by atoms with Crippen LogP contribution in [-0.2, 0) is 0 Å². The molecule has 0 aliphatic carbocycles. The van der Waals surface area contributed by atoms with Crippen molar-refractivity contribution in [2.24, 2.45) is 0 Å². The third-order valence-corrected chi connectivity index (χ3v) is 12.0. The first-order valence-electron chi connectivity index (χ1n) is 19.2. The zero-order valence-corrected chi connectivity index (χ0v) is 31.6. The summed E-state index contributed by atoms with van der Waals surface area (Å²) in [6, 6.07) is 70.8. The third kappa shape index (κ3) is 5.95. The van der Waals surface area contributed by atoms with Crippen LogP contribution in [0.2, 0.25) is 0 Å². The summed E-state index contributed by atoms with van der Waals surface area (Å²) >= 11 is 1.86. The van der Waals surface area contributed by atoms with Gasteiger partial charge >= 0.3 is 0 Å². The lowest BCUT2D eigenvalue weighted by molar-refractivity contribution is 1.18. The van der Waals surface area contributed by atoms with Crippen molar-refractivity contribution in [2.75, 3.05) is 0 Å². The summed E-state index contributed by atoms with van der Waals surface area (Å²) in [5.41, 5.74) is 12.8. The molecule has 0 bridgehead atoms. The maximum Gasteiger partial charge on any atom is 0.160 e. The minimum Gasteiger partial charge on any atom is -0.247 e. The predicted molar refractivity (Wildman–Crippen MR) is 240 cm³/mol. The fourth-order valence-corrected chi connectivity index (χ4v) is 9.16. The quantitative estimate of drug-likeness (QED) is 0.159. The van der Waals surface area contributed by atoms with E-state index in [9.17, 15) is 0 Å². The fraction of sp³-hybridized carbons (Fsp3) is 0. The molecule has 0 spiro atoms. The van der Waals surface area contributed by atoms with E-state index in [0.29, 0.717) is 0 Å². The number of hydrogen-bond donors (Lipinski definition) is 0. The van der Waals surface area contributed by atoms with Crippen molar-refractivity contribution >= 4 is 53.2 Å². The van der Waals surface area contributed by atoms with Crippen molar-refractivity contribution in [3.8, 4) is 67.4 Å². The van der Waals surface area contributed by atoms with Crippen molar-refractivity contribution in [3.63, 3.8) is 0 Å². The topological polar surface area (TPSA) is 38.7 Å². The molecular formula is C53H33N3S. The molecule has 0 N–H and O–H groups in total.